The molecular weight excluding hydrogens is 427 g/mol. The van der Waals surface area contributed by atoms with Crippen LogP contribution in [-0.4, -0.2) is 23.2 Å². The number of carbonyl (C=O) groups is 1. The molecule has 0 unspecified atom stereocenters. The number of hydrogen-bond donors (Lipinski definition) is 0. The van der Waals surface area contributed by atoms with Crippen LogP contribution in [0.2, 0.25) is 0 Å². The highest BCUT2D eigenvalue weighted by molar-refractivity contribution is 7.81. The molecule has 0 bridgehead atoms. The van der Waals surface area contributed by atoms with Gasteiger partial charge in [0, 0.05) is 5.69 Å². The van der Waals surface area contributed by atoms with Gasteiger partial charge in [0.05, 0.1) is 29.5 Å². The molecule has 2 aliphatic heterocycles. The van der Waals surface area contributed by atoms with E-state index in [2.05, 4.69) is 0 Å². The molecule has 2 heterocycles. The second-order valence-corrected chi connectivity index (χ2v) is 8.27. The first-order chi connectivity index (χ1) is 14.6. The quantitative estimate of drug-likeness (QED) is 0.621. The first-order valence-corrected chi connectivity index (χ1v) is 10.0. The van der Waals surface area contributed by atoms with E-state index >= 15 is 0 Å². The van der Waals surface area contributed by atoms with Crippen molar-refractivity contribution in [3.05, 3.63) is 53.1 Å². The second kappa shape index (κ2) is 7.24. The van der Waals surface area contributed by atoms with Gasteiger partial charge < -0.3 is 9.64 Å². The van der Waals surface area contributed by atoms with Crippen LogP contribution >= 0.6 is 12.2 Å². The van der Waals surface area contributed by atoms with E-state index in [1.807, 2.05) is 12.1 Å². The number of alkyl halides is 3. The smallest absolute Gasteiger partial charge is 0.417 e. The third-order valence-electron chi connectivity index (χ3n) is 5.51. The van der Waals surface area contributed by atoms with Gasteiger partial charge in [-0.2, -0.15) is 18.4 Å². The molecule has 0 radical (unpaired) electrons. The lowest BCUT2D eigenvalue weighted by Crippen LogP contribution is -2.44. The van der Waals surface area contributed by atoms with Gasteiger partial charge in [-0.1, -0.05) is 0 Å². The molecule has 31 heavy (non-hydrogen) atoms. The fourth-order valence-corrected chi connectivity index (χ4v) is 4.47. The van der Waals surface area contributed by atoms with Crippen LogP contribution in [0, 0.1) is 11.3 Å². The average Bonchev–Trinajstić information content (AvgIpc) is 2.90. The number of carbonyl (C=O) groups excluding carboxylic acids is 1. The first-order valence-electron chi connectivity index (χ1n) is 9.61. The maximum atomic E-state index is 13.4. The Morgan fingerprint density at radius 1 is 1.16 bits per heavy atom. The highest BCUT2D eigenvalue weighted by atomic mass is 32.1. The normalized spacial score (nSPS) is 17.9. The van der Waals surface area contributed by atoms with Crippen LogP contribution in [0.4, 0.5) is 24.5 Å². The van der Waals surface area contributed by atoms with Crippen LogP contribution < -0.4 is 14.5 Å². The van der Waals surface area contributed by atoms with Gasteiger partial charge in [-0.25, -0.2) is 0 Å². The van der Waals surface area contributed by atoms with E-state index in [0.29, 0.717) is 12.3 Å². The largest absolute Gasteiger partial charge is 0.493 e. The minimum atomic E-state index is -4.74. The molecule has 0 aromatic heterocycles. The number of rotatable bonds is 2. The third-order valence-corrected chi connectivity index (χ3v) is 5.87. The number of anilines is 2. The molecule has 4 rings (SSSR count). The van der Waals surface area contributed by atoms with Gasteiger partial charge in [-0.05, 0) is 80.9 Å². The van der Waals surface area contributed by atoms with Gasteiger partial charge >= 0.3 is 6.18 Å². The lowest BCUT2D eigenvalue weighted by Gasteiger charge is -2.30. The highest BCUT2D eigenvalue weighted by Gasteiger charge is 2.50. The Kier molecular flexibility index (Phi) is 4.93. The van der Waals surface area contributed by atoms with Crippen molar-refractivity contribution in [1.29, 1.82) is 5.26 Å². The van der Waals surface area contributed by atoms with E-state index in [0.717, 1.165) is 41.2 Å². The van der Waals surface area contributed by atoms with Crippen molar-refractivity contribution < 1.29 is 22.7 Å². The van der Waals surface area contributed by atoms with Crippen molar-refractivity contribution in [3.8, 4) is 11.8 Å². The van der Waals surface area contributed by atoms with E-state index in [-0.39, 0.29) is 10.8 Å². The Morgan fingerprint density at radius 3 is 2.55 bits per heavy atom. The predicted molar refractivity (Wildman–Crippen MR) is 113 cm³/mol. The predicted octanol–water partition coefficient (Wildman–Crippen LogP) is 4.82. The van der Waals surface area contributed by atoms with Crippen molar-refractivity contribution in [2.24, 2.45) is 0 Å². The number of nitrogens with zero attached hydrogens (tertiary/aromatic N) is 3. The average molecular weight is 445 g/mol. The Balaban J connectivity index is 1.78. The fourth-order valence-electron chi connectivity index (χ4n) is 3.95. The fraction of sp³-hybridized carbons (Fsp3) is 0.318. The molecule has 0 atom stereocenters. The number of halogens is 3. The van der Waals surface area contributed by atoms with Crippen LogP contribution in [-0.2, 0) is 17.4 Å². The molecule has 160 valence electrons. The van der Waals surface area contributed by atoms with E-state index in [1.54, 1.807) is 30.9 Å². The van der Waals surface area contributed by atoms with Crippen molar-refractivity contribution in [2.45, 2.75) is 38.4 Å². The summed E-state index contributed by atoms with van der Waals surface area (Å²) in [6.45, 7) is 3.99. The molecule has 1 saturated heterocycles. The van der Waals surface area contributed by atoms with E-state index < -0.39 is 28.7 Å². The maximum absolute atomic E-state index is 13.4. The Bertz CT molecular complexity index is 1140. The Hall–Kier alpha value is -3.12. The van der Waals surface area contributed by atoms with Gasteiger partial charge in [0.1, 0.15) is 11.3 Å². The van der Waals surface area contributed by atoms with Gasteiger partial charge in [0.15, 0.2) is 5.11 Å². The molecule has 1 fully saturated rings. The van der Waals surface area contributed by atoms with E-state index in [4.69, 9.17) is 22.2 Å². The summed E-state index contributed by atoms with van der Waals surface area (Å²) in [6, 6.07) is 10.2. The summed E-state index contributed by atoms with van der Waals surface area (Å²) in [7, 11) is 0. The van der Waals surface area contributed by atoms with Crippen LogP contribution in [0.5, 0.6) is 5.75 Å². The molecule has 5 nitrogen and oxygen atoms in total. The van der Waals surface area contributed by atoms with E-state index in [1.165, 1.54) is 6.07 Å². The summed E-state index contributed by atoms with van der Waals surface area (Å²) in [6.07, 6.45) is -3.04. The summed E-state index contributed by atoms with van der Waals surface area (Å²) in [5.41, 5.74) is -1.11. The number of amides is 1. The summed E-state index contributed by atoms with van der Waals surface area (Å²) >= 11 is 5.56. The summed E-state index contributed by atoms with van der Waals surface area (Å²) in [5.74, 6) is 0.326. The first kappa shape index (κ1) is 21.1. The monoisotopic (exact) mass is 445 g/mol. The van der Waals surface area contributed by atoms with Crippen LogP contribution in [0.1, 0.15) is 37.0 Å². The zero-order chi connectivity index (χ0) is 22.6. The summed E-state index contributed by atoms with van der Waals surface area (Å²) < 4.78 is 46.0. The highest BCUT2D eigenvalue weighted by Crippen LogP contribution is 2.40. The lowest BCUT2D eigenvalue weighted by atomic mass is 10.0. The number of benzene rings is 2. The van der Waals surface area contributed by atoms with Gasteiger partial charge in [-0.15, -0.1) is 0 Å². The minimum Gasteiger partial charge on any atom is -0.493 e. The number of hydrogen-bond acceptors (Lipinski definition) is 4. The van der Waals surface area contributed by atoms with Gasteiger partial charge in [0.2, 0.25) is 0 Å². The number of nitriles is 1. The standard InChI is InChI=1S/C22H18F3N3O2S/c1-21(2)19(29)27(15-6-5-14(12-26)17(11-15)22(23,24)25)20(31)28(21)16-7-8-18-13(10-16)4-3-9-30-18/h5-8,10-11H,3-4,9H2,1-2H3. The molecule has 2 aliphatic rings. The zero-order valence-electron chi connectivity index (χ0n) is 16.8. The molecule has 0 aliphatic carbocycles. The molecule has 0 saturated carbocycles. The molecule has 0 spiro atoms. The minimum absolute atomic E-state index is 0.0295. The lowest BCUT2D eigenvalue weighted by molar-refractivity contribution is -0.137. The van der Waals surface area contributed by atoms with E-state index in [9.17, 15) is 18.0 Å². The van der Waals surface area contributed by atoms with Crippen molar-refractivity contribution >= 4 is 34.6 Å². The molecule has 2 aromatic carbocycles. The summed E-state index contributed by atoms with van der Waals surface area (Å²) in [5, 5.41) is 9.11. The van der Waals surface area contributed by atoms with Crippen LogP contribution in [0.3, 0.4) is 0 Å². The number of thiocarbonyl (C=S) groups is 1. The summed E-state index contributed by atoms with van der Waals surface area (Å²) in [4.78, 5) is 16.0. The molecule has 0 N–H and O–H groups in total. The van der Waals surface area contributed by atoms with Gasteiger partial charge in [0.25, 0.3) is 5.91 Å². The molecular formula is C22H18F3N3O2S. The number of aryl methyl sites for hydroxylation is 1. The third kappa shape index (κ3) is 3.41. The van der Waals surface area contributed by atoms with Crippen molar-refractivity contribution in [2.75, 3.05) is 16.4 Å². The second-order valence-electron chi connectivity index (χ2n) is 7.90. The van der Waals surface area contributed by atoms with Crippen molar-refractivity contribution in [1.82, 2.24) is 0 Å². The SMILES string of the molecule is CC1(C)C(=O)N(c2ccc(C#N)c(C(F)(F)F)c2)C(=S)N1c1ccc2c(c1)CCCO2. The topological polar surface area (TPSA) is 56.6 Å². The van der Waals surface area contributed by atoms with Gasteiger partial charge in [-0.3, -0.25) is 9.69 Å². The Morgan fingerprint density at radius 2 is 1.87 bits per heavy atom. The number of fused-ring (bicyclic) bond motifs is 1. The zero-order valence-corrected chi connectivity index (χ0v) is 17.6. The van der Waals surface area contributed by atoms with Crippen molar-refractivity contribution in [3.63, 3.8) is 0 Å². The Labute approximate surface area is 182 Å². The van der Waals surface area contributed by atoms with Crippen LogP contribution in [0.15, 0.2) is 36.4 Å². The molecule has 2 aromatic rings. The molecule has 1 amide bonds. The van der Waals surface area contributed by atoms with Crippen LogP contribution in [0.25, 0.3) is 0 Å². The molecule has 9 heteroatoms. The maximum Gasteiger partial charge on any atom is 0.417 e. The number of ether oxygens (including phenoxy) is 1.